The maximum Gasteiger partial charge on any atom is 0.191 e. The molecular formula is C6H5ClN4. The predicted molar refractivity (Wildman–Crippen MR) is 40.5 cm³/mol. The lowest BCUT2D eigenvalue weighted by Gasteiger charge is -1.89. The molecule has 56 valence electrons. The largest absolute Gasteiger partial charge is 0.230 e. The predicted octanol–water partition coefficient (Wildman–Crippen LogP) is 1.09. The molecule has 0 fully saturated rings. The lowest BCUT2D eigenvalue weighted by Crippen LogP contribution is -1.91. The highest BCUT2D eigenvalue weighted by molar-refractivity contribution is 6.32. The molecule has 0 aliphatic heterocycles. The molecule has 0 saturated carbocycles. The molecule has 0 N–H and O–H groups in total. The van der Waals surface area contributed by atoms with E-state index in [1.807, 2.05) is 6.92 Å². The first-order valence-corrected chi connectivity index (χ1v) is 3.47. The molecule has 0 bridgehead atoms. The van der Waals surface area contributed by atoms with Gasteiger partial charge in [-0.3, -0.25) is 0 Å². The normalized spacial score (nSPS) is 10.7. The molecule has 0 saturated heterocycles. The van der Waals surface area contributed by atoms with Gasteiger partial charge in [0.2, 0.25) is 0 Å². The van der Waals surface area contributed by atoms with Gasteiger partial charge in [0, 0.05) is 0 Å². The number of aryl methyl sites for hydroxylation is 1. The summed E-state index contributed by atoms with van der Waals surface area (Å²) in [6.07, 6.45) is 3.19. The second kappa shape index (κ2) is 2.17. The van der Waals surface area contributed by atoms with E-state index in [1.165, 1.54) is 6.33 Å². The van der Waals surface area contributed by atoms with Crippen LogP contribution in [0.15, 0.2) is 12.5 Å². The highest BCUT2D eigenvalue weighted by Gasteiger charge is 2.02. The van der Waals surface area contributed by atoms with Crippen LogP contribution in [0.2, 0.25) is 5.15 Å². The van der Waals surface area contributed by atoms with E-state index in [0.717, 1.165) is 5.69 Å². The van der Waals surface area contributed by atoms with Crippen LogP contribution in [0.3, 0.4) is 0 Å². The standard InChI is InChI=1S/C6H5ClN4/c1-4-2-11-6(10-4)5(7)8-3-9-11/h2-3H,1H3. The molecule has 0 aromatic carbocycles. The van der Waals surface area contributed by atoms with Crippen molar-refractivity contribution in [3.05, 3.63) is 23.4 Å². The molecule has 0 atom stereocenters. The van der Waals surface area contributed by atoms with Crippen molar-refractivity contribution in [3.8, 4) is 0 Å². The summed E-state index contributed by atoms with van der Waals surface area (Å²) in [7, 11) is 0. The number of nitrogens with zero attached hydrogens (tertiary/aromatic N) is 4. The lowest BCUT2D eigenvalue weighted by atomic mass is 10.6. The quantitative estimate of drug-likeness (QED) is 0.592. The minimum atomic E-state index is 0.383. The molecule has 2 heterocycles. The number of imidazole rings is 1. The number of hydrogen-bond donors (Lipinski definition) is 0. The minimum Gasteiger partial charge on any atom is -0.230 e. The minimum absolute atomic E-state index is 0.383. The first-order valence-electron chi connectivity index (χ1n) is 3.10. The van der Waals surface area contributed by atoms with Gasteiger partial charge < -0.3 is 0 Å². The molecule has 0 unspecified atom stereocenters. The summed E-state index contributed by atoms with van der Waals surface area (Å²) in [5, 5.41) is 4.30. The van der Waals surface area contributed by atoms with E-state index in [-0.39, 0.29) is 0 Å². The second-order valence-electron chi connectivity index (χ2n) is 2.20. The Bertz CT molecular complexity index is 394. The van der Waals surface area contributed by atoms with Crippen LogP contribution in [-0.4, -0.2) is 19.6 Å². The summed E-state index contributed by atoms with van der Waals surface area (Å²) in [5.74, 6) is 0. The van der Waals surface area contributed by atoms with E-state index in [9.17, 15) is 0 Å². The topological polar surface area (TPSA) is 43.1 Å². The first-order chi connectivity index (χ1) is 5.27. The molecule has 2 rings (SSSR count). The molecular weight excluding hydrogens is 164 g/mol. The van der Waals surface area contributed by atoms with Gasteiger partial charge in [0.25, 0.3) is 0 Å². The molecule has 0 radical (unpaired) electrons. The van der Waals surface area contributed by atoms with Crippen LogP contribution in [0, 0.1) is 6.92 Å². The fourth-order valence-electron chi connectivity index (χ4n) is 0.904. The van der Waals surface area contributed by atoms with Gasteiger partial charge in [0.15, 0.2) is 10.8 Å². The Hall–Kier alpha value is -1.16. The molecule has 0 aliphatic rings. The molecule has 0 amide bonds. The van der Waals surface area contributed by atoms with Crippen molar-refractivity contribution in [1.82, 2.24) is 19.6 Å². The summed E-state index contributed by atoms with van der Waals surface area (Å²) in [6.45, 7) is 1.88. The Morgan fingerprint density at radius 1 is 1.55 bits per heavy atom. The molecule has 11 heavy (non-hydrogen) atoms. The van der Waals surface area contributed by atoms with Gasteiger partial charge in [-0.25, -0.2) is 14.5 Å². The Kier molecular flexibility index (Phi) is 1.29. The number of halogens is 1. The number of fused-ring (bicyclic) bond motifs is 1. The molecule has 2 aromatic rings. The highest BCUT2D eigenvalue weighted by Crippen LogP contribution is 2.10. The van der Waals surface area contributed by atoms with Crippen molar-refractivity contribution in [2.75, 3.05) is 0 Å². The summed E-state index contributed by atoms with van der Waals surface area (Å²) in [6, 6.07) is 0. The van der Waals surface area contributed by atoms with Crippen molar-refractivity contribution >= 4 is 17.2 Å². The van der Waals surface area contributed by atoms with Gasteiger partial charge in [0.1, 0.15) is 6.33 Å². The van der Waals surface area contributed by atoms with Crippen LogP contribution in [0.25, 0.3) is 5.65 Å². The summed E-state index contributed by atoms with van der Waals surface area (Å²) in [5.41, 5.74) is 1.49. The van der Waals surface area contributed by atoms with E-state index >= 15 is 0 Å². The van der Waals surface area contributed by atoms with E-state index in [4.69, 9.17) is 11.6 Å². The average Bonchev–Trinajstić information content (AvgIpc) is 2.31. The second-order valence-corrected chi connectivity index (χ2v) is 2.56. The maximum absolute atomic E-state index is 5.74. The van der Waals surface area contributed by atoms with E-state index in [1.54, 1.807) is 10.7 Å². The lowest BCUT2D eigenvalue weighted by molar-refractivity contribution is 0.897. The molecule has 4 nitrogen and oxygen atoms in total. The Morgan fingerprint density at radius 2 is 2.36 bits per heavy atom. The molecule has 0 spiro atoms. The Balaban J connectivity index is 2.90. The molecule has 2 aromatic heterocycles. The van der Waals surface area contributed by atoms with Crippen LogP contribution in [0.5, 0.6) is 0 Å². The summed E-state index contributed by atoms with van der Waals surface area (Å²) < 4.78 is 1.60. The fourth-order valence-corrected chi connectivity index (χ4v) is 1.08. The fraction of sp³-hybridized carbons (Fsp3) is 0.167. The zero-order chi connectivity index (χ0) is 7.84. The molecule has 0 aliphatic carbocycles. The van der Waals surface area contributed by atoms with Crippen molar-refractivity contribution in [2.24, 2.45) is 0 Å². The highest BCUT2D eigenvalue weighted by atomic mass is 35.5. The number of hydrogen-bond acceptors (Lipinski definition) is 3. The summed E-state index contributed by atoms with van der Waals surface area (Å²) in [4.78, 5) is 7.91. The molecule has 5 heteroatoms. The van der Waals surface area contributed by atoms with Crippen LogP contribution >= 0.6 is 11.6 Å². The van der Waals surface area contributed by atoms with Crippen LogP contribution in [0.1, 0.15) is 5.69 Å². The van der Waals surface area contributed by atoms with Gasteiger partial charge in [-0.1, -0.05) is 11.6 Å². The third kappa shape index (κ3) is 0.952. The number of rotatable bonds is 0. The van der Waals surface area contributed by atoms with Gasteiger partial charge in [-0.15, -0.1) is 0 Å². The monoisotopic (exact) mass is 168 g/mol. The zero-order valence-electron chi connectivity index (χ0n) is 5.82. The van der Waals surface area contributed by atoms with Gasteiger partial charge in [0.05, 0.1) is 11.9 Å². The van der Waals surface area contributed by atoms with Crippen LogP contribution in [0.4, 0.5) is 0 Å². The van der Waals surface area contributed by atoms with Crippen molar-refractivity contribution in [2.45, 2.75) is 6.92 Å². The third-order valence-electron chi connectivity index (χ3n) is 1.34. The van der Waals surface area contributed by atoms with Crippen molar-refractivity contribution in [1.29, 1.82) is 0 Å². The number of aromatic nitrogens is 4. The van der Waals surface area contributed by atoms with E-state index in [0.29, 0.717) is 10.8 Å². The van der Waals surface area contributed by atoms with Gasteiger partial charge in [-0.2, -0.15) is 5.10 Å². The SMILES string of the molecule is Cc1cn2ncnc(Cl)c2n1. The van der Waals surface area contributed by atoms with Crippen molar-refractivity contribution < 1.29 is 0 Å². The van der Waals surface area contributed by atoms with Gasteiger partial charge >= 0.3 is 0 Å². The maximum atomic E-state index is 5.74. The zero-order valence-corrected chi connectivity index (χ0v) is 6.58. The van der Waals surface area contributed by atoms with Crippen LogP contribution < -0.4 is 0 Å². The van der Waals surface area contributed by atoms with Gasteiger partial charge in [-0.05, 0) is 6.92 Å². The van der Waals surface area contributed by atoms with E-state index < -0.39 is 0 Å². The van der Waals surface area contributed by atoms with E-state index in [2.05, 4.69) is 15.1 Å². The smallest absolute Gasteiger partial charge is 0.191 e. The van der Waals surface area contributed by atoms with Crippen molar-refractivity contribution in [3.63, 3.8) is 0 Å². The Morgan fingerprint density at radius 3 is 3.09 bits per heavy atom. The summed E-state index contributed by atoms with van der Waals surface area (Å²) >= 11 is 5.74. The Labute approximate surface area is 67.8 Å². The average molecular weight is 169 g/mol. The van der Waals surface area contributed by atoms with Crippen LogP contribution in [-0.2, 0) is 0 Å². The third-order valence-corrected chi connectivity index (χ3v) is 1.61. The first kappa shape index (κ1) is 6.54.